The quantitative estimate of drug-likeness (QED) is 0.419. The van der Waals surface area contributed by atoms with Gasteiger partial charge in [-0.05, 0) is 59.3 Å². The summed E-state index contributed by atoms with van der Waals surface area (Å²) in [7, 11) is 1.59. The number of halogens is 1. The molecule has 0 saturated carbocycles. The van der Waals surface area contributed by atoms with Crippen LogP contribution in [0.5, 0.6) is 17.4 Å². The van der Waals surface area contributed by atoms with Crippen LogP contribution < -0.4 is 25.3 Å². The number of ether oxygens (including phenoxy) is 3. The fraction of sp³-hybridized carbons (Fsp3) is 0.238. The van der Waals surface area contributed by atoms with Crippen molar-refractivity contribution in [1.29, 1.82) is 0 Å². The van der Waals surface area contributed by atoms with Crippen LogP contribution in [0.2, 0.25) is 0 Å². The monoisotopic (exact) mass is 506 g/mol. The van der Waals surface area contributed by atoms with Gasteiger partial charge in [0.1, 0.15) is 12.4 Å². The van der Waals surface area contributed by atoms with Gasteiger partial charge in [0.25, 0.3) is 0 Å². The number of hydrogen-bond donors (Lipinski definition) is 2. The SMILES string of the molecule is CCOc1cc(CNc2ncc(I)cc2N)ccc1OCc1ccc(OC)nc1. The van der Waals surface area contributed by atoms with Gasteiger partial charge in [-0.1, -0.05) is 6.07 Å². The van der Waals surface area contributed by atoms with Crippen LogP contribution in [-0.4, -0.2) is 23.7 Å². The van der Waals surface area contributed by atoms with E-state index in [-0.39, 0.29) is 0 Å². The van der Waals surface area contributed by atoms with Crippen LogP contribution in [0, 0.1) is 3.57 Å². The Morgan fingerprint density at radius 1 is 1.00 bits per heavy atom. The highest BCUT2D eigenvalue weighted by Crippen LogP contribution is 2.30. The molecule has 0 bridgehead atoms. The Bertz CT molecular complexity index is 951. The number of nitrogen functional groups attached to an aromatic ring is 1. The van der Waals surface area contributed by atoms with Crippen molar-refractivity contribution in [3.63, 3.8) is 0 Å². The summed E-state index contributed by atoms with van der Waals surface area (Å²) >= 11 is 2.18. The topological polar surface area (TPSA) is 91.5 Å². The molecule has 8 heteroatoms. The molecule has 152 valence electrons. The highest BCUT2D eigenvalue weighted by Gasteiger charge is 2.09. The number of anilines is 2. The molecule has 0 aliphatic rings. The second-order valence-electron chi connectivity index (χ2n) is 6.16. The maximum Gasteiger partial charge on any atom is 0.212 e. The van der Waals surface area contributed by atoms with Gasteiger partial charge < -0.3 is 25.3 Å². The van der Waals surface area contributed by atoms with Gasteiger partial charge in [-0.3, -0.25) is 0 Å². The lowest BCUT2D eigenvalue weighted by molar-refractivity contribution is 0.268. The van der Waals surface area contributed by atoms with Crippen LogP contribution >= 0.6 is 22.6 Å². The Morgan fingerprint density at radius 3 is 2.52 bits per heavy atom. The lowest BCUT2D eigenvalue weighted by Gasteiger charge is -2.14. The van der Waals surface area contributed by atoms with Gasteiger partial charge in [-0.25, -0.2) is 9.97 Å². The summed E-state index contributed by atoms with van der Waals surface area (Å²) in [5.74, 6) is 2.61. The predicted octanol–water partition coefficient (Wildman–Crippen LogP) is 4.26. The molecule has 0 aliphatic carbocycles. The van der Waals surface area contributed by atoms with E-state index in [1.165, 1.54) is 0 Å². The number of methoxy groups -OCH3 is 1. The summed E-state index contributed by atoms with van der Waals surface area (Å²) in [5.41, 5.74) is 8.61. The largest absolute Gasteiger partial charge is 0.490 e. The Hall–Kier alpha value is -2.75. The van der Waals surface area contributed by atoms with E-state index >= 15 is 0 Å². The van der Waals surface area contributed by atoms with Crippen molar-refractivity contribution < 1.29 is 14.2 Å². The van der Waals surface area contributed by atoms with Crippen molar-refractivity contribution in [1.82, 2.24) is 9.97 Å². The molecule has 0 amide bonds. The van der Waals surface area contributed by atoms with Gasteiger partial charge in [-0.2, -0.15) is 0 Å². The second kappa shape index (κ2) is 10.1. The summed E-state index contributed by atoms with van der Waals surface area (Å²) in [6, 6.07) is 11.5. The molecule has 0 saturated heterocycles. The number of aromatic nitrogens is 2. The summed E-state index contributed by atoms with van der Waals surface area (Å²) in [6.07, 6.45) is 3.51. The third-order valence-electron chi connectivity index (χ3n) is 4.05. The molecule has 3 N–H and O–H groups in total. The highest BCUT2D eigenvalue weighted by molar-refractivity contribution is 14.1. The maximum atomic E-state index is 6.01. The molecule has 0 unspecified atom stereocenters. The second-order valence-corrected chi connectivity index (χ2v) is 7.40. The summed E-state index contributed by atoms with van der Waals surface area (Å²) < 4.78 is 17.8. The number of nitrogens with one attached hydrogen (secondary N) is 1. The normalized spacial score (nSPS) is 10.4. The van der Waals surface area contributed by atoms with Crippen LogP contribution in [0.25, 0.3) is 0 Å². The Labute approximate surface area is 183 Å². The molecule has 29 heavy (non-hydrogen) atoms. The molecule has 3 aromatic rings. The third-order valence-corrected chi connectivity index (χ3v) is 4.64. The van der Waals surface area contributed by atoms with Crippen molar-refractivity contribution in [2.75, 3.05) is 24.8 Å². The molecule has 0 radical (unpaired) electrons. The Morgan fingerprint density at radius 2 is 1.83 bits per heavy atom. The van der Waals surface area contributed by atoms with Crippen molar-refractivity contribution >= 4 is 34.1 Å². The summed E-state index contributed by atoms with van der Waals surface area (Å²) in [5, 5.41) is 3.26. The van der Waals surface area contributed by atoms with Gasteiger partial charge in [0.05, 0.1) is 19.4 Å². The average Bonchev–Trinajstić information content (AvgIpc) is 2.73. The number of rotatable bonds is 9. The zero-order chi connectivity index (χ0) is 20.6. The predicted molar refractivity (Wildman–Crippen MR) is 121 cm³/mol. The maximum absolute atomic E-state index is 6.01. The highest BCUT2D eigenvalue weighted by atomic mass is 127. The van der Waals surface area contributed by atoms with E-state index in [4.69, 9.17) is 19.9 Å². The van der Waals surface area contributed by atoms with Crippen LogP contribution in [0.15, 0.2) is 48.8 Å². The van der Waals surface area contributed by atoms with Crippen molar-refractivity contribution in [3.05, 3.63) is 63.5 Å². The van der Waals surface area contributed by atoms with Gasteiger partial charge in [-0.15, -0.1) is 0 Å². The third kappa shape index (κ3) is 5.86. The Kier molecular flexibility index (Phi) is 7.34. The molecule has 2 heterocycles. The summed E-state index contributed by atoms with van der Waals surface area (Å²) in [6.45, 7) is 3.44. The average molecular weight is 506 g/mol. The van der Waals surface area contributed by atoms with Crippen LogP contribution in [0.1, 0.15) is 18.1 Å². The first-order valence-corrected chi connectivity index (χ1v) is 10.2. The molecule has 0 spiro atoms. The first-order valence-electron chi connectivity index (χ1n) is 9.11. The lowest BCUT2D eigenvalue weighted by Crippen LogP contribution is -2.06. The molecule has 0 atom stereocenters. The van der Waals surface area contributed by atoms with Crippen LogP contribution in [-0.2, 0) is 13.2 Å². The lowest BCUT2D eigenvalue weighted by atomic mass is 10.2. The number of pyridine rings is 2. The molecule has 1 aromatic carbocycles. The standard InChI is InChI=1S/C21H23IN4O3/c1-3-28-19-8-14(10-25-21-17(23)9-16(22)12-26-21)4-6-18(19)29-13-15-5-7-20(27-2)24-11-15/h4-9,11-12H,3,10,13,23H2,1-2H3,(H,25,26). The van der Waals surface area contributed by atoms with Gasteiger partial charge in [0.15, 0.2) is 11.5 Å². The Balaban J connectivity index is 1.67. The van der Waals surface area contributed by atoms with E-state index in [1.54, 1.807) is 25.6 Å². The van der Waals surface area contributed by atoms with Gasteiger partial charge in [0.2, 0.25) is 5.88 Å². The number of hydrogen-bond acceptors (Lipinski definition) is 7. The number of nitrogens with two attached hydrogens (primary N) is 1. The van der Waals surface area contributed by atoms with E-state index < -0.39 is 0 Å². The van der Waals surface area contributed by atoms with Gasteiger partial charge >= 0.3 is 0 Å². The first kappa shape index (κ1) is 21.0. The van der Waals surface area contributed by atoms with E-state index in [9.17, 15) is 0 Å². The summed E-state index contributed by atoms with van der Waals surface area (Å²) in [4.78, 5) is 8.52. The number of nitrogens with zero attached hydrogens (tertiary/aromatic N) is 2. The minimum atomic E-state index is 0.387. The van der Waals surface area contributed by atoms with Crippen molar-refractivity contribution in [2.45, 2.75) is 20.1 Å². The van der Waals surface area contributed by atoms with Gasteiger partial charge in [0, 0.05) is 34.1 Å². The molecule has 0 aliphatic heterocycles. The van der Waals surface area contributed by atoms with E-state index in [2.05, 4.69) is 37.9 Å². The molecular formula is C21H23IN4O3. The van der Waals surface area contributed by atoms with Crippen molar-refractivity contribution in [3.8, 4) is 17.4 Å². The minimum Gasteiger partial charge on any atom is -0.490 e. The molecule has 7 nitrogen and oxygen atoms in total. The van der Waals surface area contributed by atoms with Crippen molar-refractivity contribution in [2.24, 2.45) is 0 Å². The fourth-order valence-corrected chi connectivity index (χ4v) is 3.09. The van der Waals surface area contributed by atoms with Crippen LogP contribution in [0.3, 0.4) is 0 Å². The number of benzene rings is 1. The zero-order valence-electron chi connectivity index (χ0n) is 16.3. The van der Waals surface area contributed by atoms with E-state index in [0.29, 0.717) is 48.6 Å². The molecular weight excluding hydrogens is 483 g/mol. The van der Waals surface area contributed by atoms with E-state index in [1.807, 2.05) is 37.3 Å². The molecule has 2 aromatic heterocycles. The molecule has 0 fully saturated rings. The smallest absolute Gasteiger partial charge is 0.212 e. The van der Waals surface area contributed by atoms with E-state index in [0.717, 1.165) is 14.7 Å². The van der Waals surface area contributed by atoms with Crippen LogP contribution in [0.4, 0.5) is 11.5 Å². The first-order chi connectivity index (χ1) is 14.1. The zero-order valence-corrected chi connectivity index (χ0v) is 18.5. The fourth-order valence-electron chi connectivity index (χ4n) is 2.62. The minimum absolute atomic E-state index is 0.387. The molecule has 3 rings (SSSR count).